The van der Waals surface area contributed by atoms with E-state index in [2.05, 4.69) is 35.4 Å². The summed E-state index contributed by atoms with van der Waals surface area (Å²) in [4.78, 5) is 0. The number of rotatable bonds is 0. The Balaban J connectivity index is 2.63. The van der Waals surface area contributed by atoms with Gasteiger partial charge in [-0.3, -0.25) is 0 Å². The average Bonchev–Trinajstić information content (AvgIpc) is 2.33. The molecule has 1 aromatic rings. The van der Waals surface area contributed by atoms with Gasteiger partial charge in [-0.25, -0.2) is 0 Å². The van der Waals surface area contributed by atoms with Crippen LogP contribution in [0, 0.1) is 0 Å². The predicted molar refractivity (Wildman–Crippen MR) is 41.5 cm³/mol. The molecule has 0 amide bonds. The van der Waals surface area contributed by atoms with Gasteiger partial charge in [0.1, 0.15) is 0 Å². The zero-order valence-electron chi connectivity index (χ0n) is 4.89. The summed E-state index contributed by atoms with van der Waals surface area (Å²) in [5.41, 5.74) is 1.27. The lowest BCUT2D eigenvalue weighted by Crippen LogP contribution is -2.02. The molecule has 0 aliphatic carbocycles. The fourth-order valence-electron chi connectivity index (χ4n) is 0.926. The van der Waals surface area contributed by atoms with E-state index in [1.807, 2.05) is 0 Å². The number of anilines is 1. The molecule has 1 heterocycles. The minimum Gasteiger partial charge on any atom is -0.366 e. The lowest BCUT2D eigenvalue weighted by Gasteiger charge is -1.95. The zero-order valence-corrected chi connectivity index (χ0v) is 5.89. The summed E-state index contributed by atoms with van der Waals surface area (Å²) < 4.78 is 0. The molecule has 0 bridgehead atoms. The third kappa shape index (κ3) is 0.714. The van der Waals surface area contributed by atoms with Crippen LogP contribution >= 0.6 is 0 Å². The number of hydrogen-bond acceptors (Lipinski definition) is 1. The summed E-state index contributed by atoms with van der Waals surface area (Å²) in [6.07, 6.45) is 0. The van der Waals surface area contributed by atoms with Crippen LogP contribution in [0.1, 0.15) is 0 Å². The molecule has 2 heteroatoms. The maximum absolute atomic E-state index is 3.19. The third-order valence-electron chi connectivity index (χ3n) is 1.38. The van der Waals surface area contributed by atoms with Crippen LogP contribution in [0.5, 0.6) is 0 Å². The fourth-order valence-corrected chi connectivity index (χ4v) is 1.81. The van der Waals surface area contributed by atoms with E-state index in [0.29, 0.717) is 0 Å². The maximum Gasteiger partial charge on any atom is 0.0836 e. The van der Waals surface area contributed by atoms with E-state index in [1.165, 1.54) is 10.9 Å². The van der Waals surface area contributed by atoms with Crippen LogP contribution in [0.3, 0.4) is 0 Å². The first-order valence-electron chi connectivity index (χ1n) is 2.90. The van der Waals surface area contributed by atoms with Crippen molar-refractivity contribution in [2.75, 3.05) is 5.32 Å². The van der Waals surface area contributed by atoms with Crippen molar-refractivity contribution >= 4 is 25.8 Å². The van der Waals surface area contributed by atoms with Gasteiger partial charge in [-0.1, -0.05) is 18.2 Å². The second-order valence-electron chi connectivity index (χ2n) is 1.98. The predicted octanol–water partition coefficient (Wildman–Crippen LogP) is 0.201. The van der Waals surface area contributed by atoms with Gasteiger partial charge >= 0.3 is 0 Å². The van der Waals surface area contributed by atoms with Crippen LogP contribution in [0.25, 0.3) is 0 Å². The minimum absolute atomic E-state index is 0.844. The molecule has 1 aliphatic rings. The Hall–Kier alpha value is -0.893. The molecule has 0 aromatic heterocycles. The van der Waals surface area contributed by atoms with Crippen LogP contribution in [0.15, 0.2) is 24.3 Å². The third-order valence-corrected chi connectivity index (χ3v) is 2.42. The Labute approximate surface area is 56.2 Å². The molecule has 1 aliphatic heterocycles. The van der Waals surface area contributed by atoms with E-state index < -0.39 is 0 Å². The van der Waals surface area contributed by atoms with Crippen LogP contribution < -0.4 is 10.5 Å². The summed E-state index contributed by atoms with van der Waals surface area (Å²) in [5.74, 6) is 2.10. The highest BCUT2D eigenvalue weighted by molar-refractivity contribution is 6.66. The molecule has 1 radical (unpaired) electrons. The molecule has 0 unspecified atom stereocenters. The summed E-state index contributed by atoms with van der Waals surface area (Å²) in [7, 11) is 0.844. The molecule has 0 atom stereocenters. The van der Waals surface area contributed by atoms with Gasteiger partial charge in [-0.2, -0.15) is 0 Å². The fraction of sp³-hybridized carbons (Fsp3) is 0. The monoisotopic (exact) mass is 132 g/mol. The molecule has 9 heavy (non-hydrogen) atoms. The number of hydrogen-bond donors (Lipinski definition) is 1. The lowest BCUT2D eigenvalue weighted by molar-refractivity contribution is 1.73. The standard InChI is InChI=1S/C7H6NSi/c1-2-4-7-6(3-1)8-5-9-7/h1-5,8H. The molecule has 0 saturated heterocycles. The van der Waals surface area contributed by atoms with Gasteiger partial charge in [0.25, 0.3) is 0 Å². The van der Waals surface area contributed by atoms with E-state index in [4.69, 9.17) is 0 Å². The lowest BCUT2D eigenvalue weighted by atomic mass is 10.3. The quantitative estimate of drug-likeness (QED) is 0.497. The molecule has 1 aromatic carbocycles. The topological polar surface area (TPSA) is 12.0 Å². The SMILES string of the molecule is C1=[Si]c2ccccc2N1. The Morgan fingerprint density at radius 1 is 1.22 bits per heavy atom. The Bertz CT molecular complexity index is 255. The summed E-state index contributed by atoms with van der Waals surface area (Å²) in [6, 6.07) is 8.39. The summed E-state index contributed by atoms with van der Waals surface area (Å²) >= 11 is 0. The largest absolute Gasteiger partial charge is 0.366 e. The van der Waals surface area contributed by atoms with Crippen LogP contribution in [-0.2, 0) is 0 Å². The Morgan fingerprint density at radius 3 is 3.00 bits per heavy atom. The first-order chi connectivity index (χ1) is 4.47. The first kappa shape index (κ1) is 4.94. The van der Waals surface area contributed by atoms with E-state index in [-0.39, 0.29) is 0 Å². The van der Waals surface area contributed by atoms with E-state index in [1.54, 1.807) is 0 Å². The normalized spacial score (nSPS) is 12.9. The highest BCUT2D eigenvalue weighted by atomic mass is 28.2. The number of fused-ring (bicyclic) bond motifs is 1. The molecule has 1 nitrogen and oxygen atoms in total. The van der Waals surface area contributed by atoms with Crippen LogP contribution in [-0.4, -0.2) is 14.9 Å². The highest BCUT2D eigenvalue weighted by Gasteiger charge is 1.99. The molecule has 0 spiro atoms. The van der Waals surface area contributed by atoms with Gasteiger partial charge in [0.15, 0.2) is 0 Å². The Morgan fingerprint density at radius 2 is 2.11 bits per heavy atom. The molecule has 0 saturated carbocycles. The second-order valence-corrected chi connectivity index (χ2v) is 3.09. The van der Waals surface area contributed by atoms with Crippen molar-refractivity contribution in [2.24, 2.45) is 0 Å². The van der Waals surface area contributed by atoms with Crippen molar-refractivity contribution in [1.82, 2.24) is 0 Å². The van der Waals surface area contributed by atoms with Crippen molar-refractivity contribution in [1.29, 1.82) is 0 Å². The molecular formula is C7H6NSi. The zero-order chi connectivity index (χ0) is 6.10. The smallest absolute Gasteiger partial charge is 0.0836 e. The van der Waals surface area contributed by atoms with E-state index >= 15 is 0 Å². The van der Waals surface area contributed by atoms with Gasteiger partial charge in [0.05, 0.1) is 9.13 Å². The minimum atomic E-state index is 0.844. The molecule has 2 rings (SSSR count). The molecule has 43 valence electrons. The van der Waals surface area contributed by atoms with Gasteiger partial charge in [0.2, 0.25) is 0 Å². The first-order valence-corrected chi connectivity index (χ1v) is 3.98. The van der Waals surface area contributed by atoms with Gasteiger partial charge in [-0.15, -0.1) is 0 Å². The highest BCUT2D eigenvalue weighted by Crippen LogP contribution is 2.01. The van der Waals surface area contributed by atoms with Crippen molar-refractivity contribution in [3.8, 4) is 0 Å². The average molecular weight is 132 g/mol. The van der Waals surface area contributed by atoms with Crippen molar-refractivity contribution < 1.29 is 0 Å². The van der Waals surface area contributed by atoms with Crippen LogP contribution in [0.4, 0.5) is 5.69 Å². The van der Waals surface area contributed by atoms with Crippen molar-refractivity contribution in [3.05, 3.63) is 24.3 Å². The van der Waals surface area contributed by atoms with E-state index in [0.717, 1.165) is 9.13 Å². The number of para-hydroxylation sites is 1. The van der Waals surface area contributed by atoms with Crippen molar-refractivity contribution in [2.45, 2.75) is 0 Å². The van der Waals surface area contributed by atoms with Gasteiger partial charge < -0.3 is 5.32 Å². The number of nitrogens with one attached hydrogen (secondary N) is 1. The maximum atomic E-state index is 3.19. The van der Waals surface area contributed by atoms with Crippen LogP contribution in [0.2, 0.25) is 0 Å². The summed E-state index contributed by atoms with van der Waals surface area (Å²) in [6.45, 7) is 0. The van der Waals surface area contributed by atoms with Gasteiger partial charge in [-0.05, 0) is 17.0 Å². The molecule has 1 N–H and O–H groups in total. The summed E-state index contributed by atoms with van der Waals surface area (Å²) in [5, 5.41) is 4.62. The second kappa shape index (κ2) is 1.81. The van der Waals surface area contributed by atoms with E-state index in [9.17, 15) is 0 Å². The van der Waals surface area contributed by atoms with Crippen molar-refractivity contribution in [3.63, 3.8) is 0 Å². The molecular weight excluding hydrogens is 126 g/mol. The van der Waals surface area contributed by atoms with Gasteiger partial charge in [0, 0.05) is 5.69 Å². The molecule has 0 fully saturated rings. The number of benzene rings is 1. The Kier molecular flexibility index (Phi) is 0.992.